The van der Waals surface area contributed by atoms with Crippen LogP contribution in [0, 0.1) is 0 Å². The normalized spacial score (nSPS) is 10.8. The van der Waals surface area contributed by atoms with E-state index in [4.69, 9.17) is 5.73 Å². The zero-order valence-electron chi connectivity index (χ0n) is 16.1. The van der Waals surface area contributed by atoms with E-state index in [1.807, 2.05) is 36.4 Å². The lowest BCUT2D eigenvalue weighted by Crippen LogP contribution is -2.33. The van der Waals surface area contributed by atoms with Crippen LogP contribution in [-0.2, 0) is 22.6 Å². The van der Waals surface area contributed by atoms with Gasteiger partial charge in [0, 0.05) is 32.4 Å². The number of hydrogen-bond acceptors (Lipinski definition) is 4. The van der Waals surface area contributed by atoms with Crippen LogP contribution < -0.4 is 11.3 Å². The molecule has 0 radical (unpaired) electrons. The van der Waals surface area contributed by atoms with Gasteiger partial charge in [-0.05, 0) is 24.1 Å². The van der Waals surface area contributed by atoms with Gasteiger partial charge in [-0.15, -0.1) is 0 Å². The maximum absolute atomic E-state index is 12.7. The largest absolute Gasteiger partial charge is 0.370 e. The number of H-pyrrole nitrogens is 1. The molecule has 2 amide bonds. The fraction of sp³-hybridized carbons (Fsp3) is 0.273. The van der Waals surface area contributed by atoms with Crippen molar-refractivity contribution in [2.24, 2.45) is 5.73 Å². The second-order valence-corrected chi connectivity index (χ2v) is 6.90. The first-order valence-electron chi connectivity index (χ1n) is 9.61. The first kappa shape index (κ1) is 20.3. The third-order valence-electron chi connectivity index (χ3n) is 4.66. The molecule has 1 heterocycles. The van der Waals surface area contributed by atoms with E-state index in [1.54, 1.807) is 23.1 Å². The highest BCUT2D eigenvalue weighted by atomic mass is 16.2. The number of aromatic amines is 1. The molecule has 0 bridgehead atoms. The molecule has 0 atom stereocenters. The molecular formula is C22H24N4O3. The zero-order chi connectivity index (χ0) is 20.6. The number of aromatic nitrogens is 2. The molecule has 7 heteroatoms. The SMILES string of the molecule is NC(=O)CCN(Cc1ccccc1)C(=O)CCCc1nc2ccccc2c(=O)[nH]1. The number of carbonyl (C=O) groups is 2. The molecule has 7 nitrogen and oxygen atoms in total. The van der Waals surface area contributed by atoms with Crippen LogP contribution in [0.4, 0.5) is 0 Å². The van der Waals surface area contributed by atoms with Crippen LogP contribution >= 0.6 is 0 Å². The number of primary amides is 1. The number of aryl methyl sites for hydroxylation is 1. The molecule has 1 aromatic heterocycles. The summed E-state index contributed by atoms with van der Waals surface area (Å²) in [5, 5.41) is 0.549. The van der Waals surface area contributed by atoms with E-state index in [1.165, 1.54) is 0 Å². The number of benzene rings is 2. The van der Waals surface area contributed by atoms with Crippen LogP contribution in [0.1, 0.15) is 30.7 Å². The van der Waals surface area contributed by atoms with Gasteiger partial charge in [-0.2, -0.15) is 0 Å². The summed E-state index contributed by atoms with van der Waals surface area (Å²) in [6.07, 6.45) is 1.45. The van der Waals surface area contributed by atoms with Crippen molar-refractivity contribution in [3.8, 4) is 0 Å². The average molecular weight is 392 g/mol. The Labute approximate surface area is 168 Å². The van der Waals surface area contributed by atoms with E-state index in [0.717, 1.165) is 5.56 Å². The summed E-state index contributed by atoms with van der Waals surface area (Å²) < 4.78 is 0. The number of nitrogens with one attached hydrogen (secondary N) is 1. The molecule has 0 unspecified atom stereocenters. The molecule has 3 rings (SSSR count). The van der Waals surface area contributed by atoms with E-state index >= 15 is 0 Å². The molecule has 0 saturated carbocycles. The highest BCUT2D eigenvalue weighted by Gasteiger charge is 2.15. The first-order valence-corrected chi connectivity index (χ1v) is 9.61. The Morgan fingerprint density at radius 1 is 1.00 bits per heavy atom. The lowest BCUT2D eigenvalue weighted by Gasteiger charge is -2.22. The van der Waals surface area contributed by atoms with Crippen LogP contribution in [0.3, 0.4) is 0 Å². The van der Waals surface area contributed by atoms with E-state index < -0.39 is 5.91 Å². The monoisotopic (exact) mass is 392 g/mol. The fourth-order valence-corrected chi connectivity index (χ4v) is 3.16. The quantitative estimate of drug-likeness (QED) is 0.581. The Morgan fingerprint density at radius 3 is 2.48 bits per heavy atom. The number of nitrogens with two attached hydrogens (primary N) is 1. The maximum Gasteiger partial charge on any atom is 0.258 e. The van der Waals surface area contributed by atoms with E-state index in [9.17, 15) is 14.4 Å². The summed E-state index contributed by atoms with van der Waals surface area (Å²) in [5.41, 5.74) is 6.71. The Bertz CT molecular complexity index is 1050. The number of nitrogens with zero attached hydrogens (tertiary/aromatic N) is 2. The van der Waals surface area contributed by atoms with Crippen molar-refractivity contribution in [1.82, 2.24) is 14.9 Å². The Hall–Kier alpha value is -3.48. The van der Waals surface area contributed by atoms with Gasteiger partial charge < -0.3 is 15.6 Å². The summed E-state index contributed by atoms with van der Waals surface area (Å²) in [7, 11) is 0. The predicted molar refractivity (Wildman–Crippen MR) is 111 cm³/mol. The molecule has 29 heavy (non-hydrogen) atoms. The van der Waals surface area contributed by atoms with Crippen molar-refractivity contribution in [1.29, 1.82) is 0 Å². The Balaban J connectivity index is 1.61. The summed E-state index contributed by atoms with van der Waals surface area (Å²) >= 11 is 0. The maximum atomic E-state index is 12.7. The third-order valence-corrected chi connectivity index (χ3v) is 4.66. The molecule has 150 valence electrons. The molecule has 3 N–H and O–H groups in total. The standard InChI is InChI=1S/C22H24N4O3/c23-19(27)13-14-26(15-16-7-2-1-3-8-16)21(28)12-6-11-20-24-18-10-5-4-9-17(18)22(29)25-20/h1-5,7-10H,6,11-15H2,(H2,23,27)(H,24,25,29). The highest BCUT2D eigenvalue weighted by molar-refractivity contribution is 5.78. The number of fused-ring (bicyclic) bond motifs is 1. The molecule has 3 aromatic rings. The van der Waals surface area contributed by atoms with E-state index in [-0.39, 0.29) is 24.4 Å². The molecule has 0 aliphatic carbocycles. The number of amides is 2. The fourth-order valence-electron chi connectivity index (χ4n) is 3.16. The molecule has 0 fully saturated rings. The van der Waals surface area contributed by atoms with Crippen molar-refractivity contribution < 1.29 is 9.59 Å². The van der Waals surface area contributed by atoms with Gasteiger partial charge in [-0.3, -0.25) is 14.4 Å². The van der Waals surface area contributed by atoms with Crippen LogP contribution in [-0.4, -0.2) is 33.2 Å². The molecular weight excluding hydrogens is 368 g/mol. The van der Waals surface area contributed by atoms with Gasteiger partial charge in [0.1, 0.15) is 5.82 Å². The molecule has 0 spiro atoms. The minimum atomic E-state index is -0.436. The summed E-state index contributed by atoms with van der Waals surface area (Å²) in [6, 6.07) is 16.8. The number of rotatable bonds is 9. The third kappa shape index (κ3) is 5.75. The molecule has 0 aliphatic heterocycles. The predicted octanol–water partition coefficient (Wildman–Crippen LogP) is 2.15. The lowest BCUT2D eigenvalue weighted by molar-refractivity contribution is -0.132. The van der Waals surface area contributed by atoms with Gasteiger partial charge in [-0.25, -0.2) is 4.98 Å². The van der Waals surface area contributed by atoms with Crippen molar-refractivity contribution in [3.05, 3.63) is 76.3 Å². The van der Waals surface area contributed by atoms with Gasteiger partial charge in [0.05, 0.1) is 10.9 Å². The Kier molecular flexibility index (Phi) is 6.73. The van der Waals surface area contributed by atoms with Crippen molar-refractivity contribution >= 4 is 22.7 Å². The summed E-state index contributed by atoms with van der Waals surface area (Å²) in [5.74, 6) is 0.0697. The van der Waals surface area contributed by atoms with Crippen molar-refractivity contribution in [2.75, 3.05) is 6.54 Å². The molecule has 0 saturated heterocycles. The number of carbonyl (C=O) groups excluding carboxylic acids is 2. The van der Waals surface area contributed by atoms with Crippen LogP contribution in [0.2, 0.25) is 0 Å². The smallest absolute Gasteiger partial charge is 0.258 e. The number of hydrogen-bond donors (Lipinski definition) is 2. The van der Waals surface area contributed by atoms with Gasteiger partial charge in [0.2, 0.25) is 11.8 Å². The number of para-hydroxylation sites is 1. The van der Waals surface area contributed by atoms with Crippen LogP contribution in [0.15, 0.2) is 59.4 Å². The van der Waals surface area contributed by atoms with Crippen LogP contribution in [0.25, 0.3) is 10.9 Å². The van der Waals surface area contributed by atoms with Gasteiger partial charge in [-0.1, -0.05) is 42.5 Å². The minimum absolute atomic E-state index is 0.0572. The Morgan fingerprint density at radius 2 is 1.72 bits per heavy atom. The molecule has 0 aliphatic rings. The first-order chi connectivity index (χ1) is 14.0. The van der Waals surface area contributed by atoms with Crippen molar-refractivity contribution in [3.63, 3.8) is 0 Å². The van der Waals surface area contributed by atoms with Gasteiger partial charge in [0.25, 0.3) is 5.56 Å². The summed E-state index contributed by atoms with van der Waals surface area (Å²) in [4.78, 5) is 44.9. The topological polar surface area (TPSA) is 109 Å². The zero-order valence-corrected chi connectivity index (χ0v) is 16.1. The molecule has 2 aromatic carbocycles. The second-order valence-electron chi connectivity index (χ2n) is 6.90. The van der Waals surface area contributed by atoms with E-state index in [2.05, 4.69) is 9.97 Å². The van der Waals surface area contributed by atoms with E-state index in [0.29, 0.717) is 42.5 Å². The summed E-state index contributed by atoms with van der Waals surface area (Å²) in [6.45, 7) is 0.714. The highest BCUT2D eigenvalue weighted by Crippen LogP contribution is 2.11. The van der Waals surface area contributed by atoms with Crippen LogP contribution in [0.5, 0.6) is 0 Å². The van der Waals surface area contributed by atoms with Crippen molar-refractivity contribution in [2.45, 2.75) is 32.2 Å². The average Bonchev–Trinajstić information content (AvgIpc) is 2.71. The lowest BCUT2D eigenvalue weighted by atomic mass is 10.1. The van der Waals surface area contributed by atoms with Gasteiger partial charge >= 0.3 is 0 Å². The second kappa shape index (κ2) is 9.64. The minimum Gasteiger partial charge on any atom is -0.370 e. The van der Waals surface area contributed by atoms with Gasteiger partial charge in [0.15, 0.2) is 0 Å².